The van der Waals surface area contributed by atoms with Crippen molar-refractivity contribution in [3.05, 3.63) is 58.0 Å². The van der Waals surface area contributed by atoms with Crippen molar-refractivity contribution in [2.24, 2.45) is 10.2 Å². The van der Waals surface area contributed by atoms with E-state index in [2.05, 4.69) is 26.2 Å². The van der Waals surface area contributed by atoms with E-state index in [0.29, 0.717) is 10.0 Å². The Labute approximate surface area is 142 Å². The molecule has 3 N–H and O–H groups in total. The highest BCUT2D eigenvalue weighted by atomic mass is 79.9. The number of halogens is 1. The van der Waals surface area contributed by atoms with Crippen molar-refractivity contribution >= 4 is 21.6 Å². The van der Waals surface area contributed by atoms with Crippen LogP contribution in [-0.2, 0) is 0 Å². The van der Waals surface area contributed by atoms with Crippen molar-refractivity contribution in [2.45, 2.75) is 26.3 Å². The fourth-order valence-corrected chi connectivity index (χ4v) is 2.20. The van der Waals surface area contributed by atoms with E-state index in [1.165, 1.54) is 24.4 Å². The third-order valence-electron chi connectivity index (χ3n) is 2.84. The van der Waals surface area contributed by atoms with Gasteiger partial charge in [0.2, 0.25) is 0 Å². The SMILES string of the molecule is CC(C)(C)N=NC(=C1C(O)=CC=CN1O)c1cc(Br)ccc1O. The second kappa shape index (κ2) is 6.55. The largest absolute Gasteiger partial charge is 0.507 e. The molecular weight excluding hydrogens is 362 g/mol. The van der Waals surface area contributed by atoms with Crippen LogP contribution in [0.3, 0.4) is 0 Å². The van der Waals surface area contributed by atoms with Gasteiger partial charge in [0.25, 0.3) is 0 Å². The van der Waals surface area contributed by atoms with Crippen molar-refractivity contribution in [2.75, 3.05) is 0 Å². The molecule has 0 spiro atoms. The summed E-state index contributed by atoms with van der Waals surface area (Å²) >= 11 is 3.34. The summed E-state index contributed by atoms with van der Waals surface area (Å²) < 4.78 is 0.716. The summed E-state index contributed by atoms with van der Waals surface area (Å²) in [6.07, 6.45) is 4.26. The first-order valence-corrected chi connectivity index (χ1v) is 7.70. The van der Waals surface area contributed by atoms with Crippen LogP contribution in [0.5, 0.6) is 5.75 Å². The summed E-state index contributed by atoms with van der Waals surface area (Å²) in [6, 6.07) is 4.81. The van der Waals surface area contributed by atoms with E-state index < -0.39 is 5.54 Å². The number of hydrogen-bond donors (Lipinski definition) is 3. The minimum atomic E-state index is -0.461. The highest BCUT2D eigenvalue weighted by Crippen LogP contribution is 2.35. The lowest BCUT2D eigenvalue weighted by atomic mass is 10.1. The van der Waals surface area contributed by atoms with Gasteiger partial charge in [0.05, 0.1) is 5.54 Å². The molecule has 6 nitrogen and oxygen atoms in total. The molecule has 0 amide bonds. The Bertz CT molecular complexity index is 731. The molecule has 1 aliphatic rings. The fourth-order valence-electron chi connectivity index (χ4n) is 1.84. The smallest absolute Gasteiger partial charge is 0.144 e. The van der Waals surface area contributed by atoms with Crippen molar-refractivity contribution in [3.8, 4) is 5.75 Å². The van der Waals surface area contributed by atoms with Crippen LogP contribution in [0.2, 0.25) is 0 Å². The van der Waals surface area contributed by atoms with Gasteiger partial charge in [-0.1, -0.05) is 15.9 Å². The standard InChI is InChI=1S/C16H18BrN3O3/c1-16(2,3)19-18-14(11-9-10(17)6-7-12(11)21)15-13(22)5-4-8-20(15)23/h4-9,21-23H,1-3H3. The van der Waals surface area contributed by atoms with Gasteiger partial charge in [0.1, 0.15) is 22.9 Å². The lowest BCUT2D eigenvalue weighted by Gasteiger charge is -2.21. The summed E-state index contributed by atoms with van der Waals surface area (Å²) in [6.45, 7) is 5.60. The van der Waals surface area contributed by atoms with Crippen LogP contribution in [0, 0.1) is 0 Å². The van der Waals surface area contributed by atoms with Crippen LogP contribution in [-0.4, -0.2) is 26.0 Å². The van der Waals surface area contributed by atoms with E-state index in [4.69, 9.17) is 0 Å². The quantitative estimate of drug-likeness (QED) is 0.647. The molecule has 7 heteroatoms. The topological polar surface area (TPSA) is 88.7 Å². The third-order valence-corrected chi connectivity index (χ3v) is 3.33. The second-order valence-electron chi connectivity index (χ2n) is 5.97. The monoisotopic (exact) mass is 379 g/mol. The van der Waals surface area contributed by atoms with Crippen molar-refractivity contribution in [1.82, 2.24) is 5.06 Å². The molecule has 0 saturated heterocycles. The van der Waals surface area contributed by atoms with Gasteiger partial charge in [0.15, 0.2) is 0 Å². The summed E-state index contributed by atoms with van der Waals surface area (Å²) in [4.78, 5) is 0. The molecule has 1 heterocycles. The molecule has 1 aliphatic heterocycles. The number of aliphatic hydroxyl groups excluding tert-OH is 1. The maximum Gasteiger partial charge on any atom is 0.144 e. The van der Waals surface area contributed by atoms with Crippen LogP contribution in [0.15, 0.2) is 62.7 Å². The van der Waals surface area contributed by atoms with Gasteiger partial charge >= 0.3 is 0 Å². The van der Waals surface area contributed by atoms with E-state index in [9.17, 15) is 15.4 Å². The number of hydroxylamine groups is 2. The molecule has 0 saturated carbocycles. The number of hydrogen-bond acceptors (Lipinski definition) is 6. The summed E-state index contributed by atoms with van der Waals surface area (Å²) in [5, 5.41) is 39.4. The predicted octanol–water partition coefficient (Wildman–Crippen LogP) is 4.73. The zero-order valence-corrected chi connectivity index (χ0v) is 14.6. The summed E-state index contributed by atoms with van der Waals surface area (Å²) in [7, 11) is 0. The van der Waals surface area contributed by atoms with Gasteiger partial charge < -0.3 is 10.2 Å². The van der Waals surface area contributed by atoms with E-state index in [1.54, 1.807) is 12.1 Å². The molecule has 1 aromatic carbocycles. The number of aliphatic hydroxyl groups is 1. The number of phenols is 1. The van der Waals surface area contributed by atoms with Crippen molar-refractivity contribution in [1.29, 1.82) is 0 Å². The maximum atomic E-state index is 10.2. The maximum absolute atomic E-state index is 10.2. The van der Waals surface area contributed by atoms with Crippen LogP contribution in [0.25, 0.3) is 5.70 Å². The van der Waals surface area contributed by atoms with Gasteiger partial charge in [-0.05, 0) is 51.1 Å². The second-order valence-corrected chi connectivity index (χ2v) is 6.88. The Morgan fingerprint density at radius 1 is 1.22 bits per heavy atom. The third kappa shape index (κ3) is 4.20. The number of rotatable bonds is 2. The molecule has 0 unspecified atom stereocenters. The van der Waals surface area contributed by atoms with Crippen molar-refractivity contribution in [3.63, 3.8) is 0 Å². The predicted molar refractivity (Wildman–Crippen MR) is 90.8 cm³/mol. The number of phenolic OH excluding ortho intramolecular Hbond substituents is 1. The van der Waals surface area contributed by atoms with Crippen LogP contribution < -0.4 is 0 Å². The van der Waals surface area contributed by atoms with Gasteiger partial charge in [0, 0.05) is 16.2 Å². The molecule has 0 aliphatic carbocycles. The Kier molecular flexibility index (Phi) is 4.91. The molecular formula is C16H18BrN3O3. The molecule has 122 valence electrons. The van der Waals surface area contributed by atoms with Crippen molar-refractivity contribution < 1.29 is 15.4 Å². The number of nitrogens with zero attached hydrogens (tertiary/aromatic N) is 3. The fraction of sp³-hybridized carbons (Fsp3) is 0.250. The highest BCUT2D eigenvalue weighted by molar-refractivity contribution is 9.10. The zero-order valence-electron chi connectivity index (χ0n) is 13.0. The normalized spacial score (nSPS) is 17.6. The van der Waals surface area contributed by atoms with Crippen LogP contribution >= 0.6 is 15.9 Å². The van der Waals surface area contributed by atoms with Gasteiger partial charge in [-0.2, -0.15) is 10.2 Å². The minimum absolute atomic E-state index is 0.0360. The van der Waals surface area contributed by atoms with Gasteiger partial charge in [-0.15, -0.1) is 0 Å². The van der Waals surface area contributed by atoms with Gasteiger partial charge in [-0.3, -0.25) is 5.21 Å². The van der Waals surface area contributed by atoms with E-state index in [1.807, 2.05) is 20.8 Å². The van der Waals surface area contributed by atoms with E-state index in [0.717, 1.165) is 5.06 Å². The first-order chi connectivity index (χ1) is 10.7. The highest BCUT2D eigenvalue weighted by Gasteiger charge is 2.23. The number of azo groups is 1. The number of benzene rings is 1. The lowest BCUT2D eigenvalue weighted by molar-refractivity contribution is -0.00704. The molecule has 0 atom stereocenters. The zero-order chi connectivity index (χ0) is 17.2. The molecule has 23 heavy (non-hydrogen) atoms. The van der Waals surface area contributed by atoms with Gasteiger partial charge in [-0.25, -0.2) is 5.06 Å². The molecule has 0 radical (unpaired) electrons. The molecule has 0 bridgehead atoms. The average molecular weight is 380 g/mol. The van der Waals surface area contributed by atoms with E-state index >= 15 is 0 Å². The summed E-state index contributed by atoms with van der Waals surface area (Å²) in [5.41, 5.74) is 0.0577. The number of allylic oxidation sites excluding steroid dienone is 2. The number of aromatic hydroxyl groups is 1. The lowest BCUT2D eigenvalue weighted by Crippen LogP contribution is -2.17. The Hall–Kier alpha value is -2.12. The minimum Gasteiger partial charge on any atom is -0.507 e. The van der Waals surface area contributed by atoms with Crippen LogP contribution in [0.1, 0.15) is 26.3 Å². The first kappa shape index (κ1) is 17.2. The molecule has 2 rings (SSSR count). The average Bonchev–Trinajstić information content (AvgIpc) is 2.44. The molecule has 0 fully saturated rings. The first-order valence-electron chi connectivity index (χ1n) is 6.91. The molecule has 0 aromatic heterocycles. The summed E-state index contributed by atoms with van der Waals surface area (Å²) in [5.74, 6) is -0.225. The Morgan fingerprint density at radius 2 is 1.91 bits per heavy atom. The Balaban J connectivity index is 2.71. The van der Waals surface area contributed by atoms with Crippen LogP contribution in [0.4, 0.5) is 0 Å². The Morgan fingerprint density at radius 3 is 2.52 bits per heavy atom. The van der Waals surface area contributed by atoms with E-state index in [-0.39, 0.29) is 22.9 Å². The molecule has 1 aromatic rings.